The van der Waals surface area contributed by atoms with E-state index in [1.807, 2.05) is 13.8 Å². The highest BCUT2D eigenvalue weighted by Gasteiger charge is 2.21. The summed E-state index contributed by atoms with van der Waals surface area (Å²) in [5.74, 6) is -1.35. The molecule has 224 valence electrons. The summed E-state index contributed by atoms with van der Waals surface area (Å²) in [5, 5.41) is 0. The lowest BCUT2D eigenvalue weighted by atomic mass is 10.3. The smallest absolute Gasteiger partial charge is 0.409 e. The predicted molar refractivity (Wildman–Crippen MR) is 144 cm³/mol. The van der Waals surface area contributed by atoms with E-state index in [4.69, 9.17) is 28.4 Å². The van der Waals surface area contributed by atoms with E-state index in [0.29, 0.717) is 13.1 Å². The molecule has 0 aromatic heterocycles. The Bertz CT molecular complexity index is 761. The van der Waals surface area contributed by atoms with Gasteiger partial charge in [-0.2, -0.15) is 0 Å². The SMILES string of the molecule is C=CC(=O)OC(COCC(C)OCC(COC(=O)N(C)CCCC)OC(=O)C=C)COC(=O)N(C)CCCC. The Morgan fingerprint density at radius 3 is 1.56 bits per heavy atom. The molecule has 0 fully saturated rings. The van der Waals surface area contributed by atoms with Gasteiger partial charge < -0.3 is 38.2 Å². The molecule has 3 unspecified atom stereocenters. The second-order valence-electron chi connectivity index (χ2n) is 8.91. The fourth-order valence-electron chi connectivity index (χ4n) is 2.86. The Morgan fingerprint density at radius 1 is 0.718 bits per heavy atom. The quantitative estimate of drug-likeness (QED) is 0.117. The Kier molecular flexibility index (Phi) is 20.0. The van der Waals surface area contributed by atoms with Gasteiger partial charge in [-0.15, -0.1) is 0 Å². The molecule has 0 aliphatic rings. The molecule has 2 amide bonds. The van der Waals surface area contributed by atoms with E-state index in [1.165, 1.54) is 9.80 Å². The van der Waals surface area contributed by atoms with Gasteiger partial charge in [0.25, 0.3) is 0 Å². The second-order valence-corrected chi connectivity index (χ2v) is 8.91. The van der Waals surface area contributed by atoms with E-state index in [1.54, 1.807) is 21.0 Å². The normalized spacial score (nSPS) is 12.8. The van der Waals surface area contributed by atoms with Crippen molar-refractivity contribution in [3.8, 4) is 0 Å². The summed E-state index contributed by atoms with van der Waals surface area (Å²) in [6.07, 6.45) is 2.34. The van der Waals surface area contributed by atoms with Crippen LogP contribution in [0.3, 0.4) is 0 Å². The molecule has 0 bridgehead atoms. The summed E-state index contributed by atoms with van der Waals surface area (Å²) >= 11 is 0. The van der Waals surface area contributed by atoms with Gasteiger partial charge in [0.15, 0.2) is 12.2 Å². The Labute approximate surface area is 232 Å². The molecular formula is C27H46N2O10. The number of carbonyl (C=O) groups excluding carboxylic acids is 4. The van der Waals surface area contributed by atoms with Crippen LogP contribution in [0.15, 0.2) is 25.3 Å². The molecular weight excluding hydrogens is 512 g/mol. The summed E-state index contributed by atoms with van der Waals surface area (Å²) in [7, 11) is 3.26. The maximum atomic E-state index is 12.1. The van der Waals surface area contributed by atoms with Gasteiger partial charge in [0.2, 0.25) is 0 Å². The van der Waals surface area contributed by atoms with Crippen molar-refractivity contribution in [1.82, 2.24) is 9.80 Å². The van der Waals surface area contributed by atoms with E-state index in [-0.39, 0.29) is 33.0 Å². The van der Waals surface area contributed by atoms with Crippen LogP contribution in [-0.2, 0) is 38.0 Å². The van der Waals surface area contributed by atoms with Gasteiger partial charge in [0, 0.05) is 39.3 Å². The van der Waals surface area contributed by atoms with Crippen LogP contribution in [0.4, 0.5) is 9.59 Å². The van der Waals surface area contributed by atoms with E-state index >= 15 is 0 Å². The van der Waals surface area contributed by atoms with Gasteiger partial charge in [-0.3, -0.25) is 0 Å². The van der Waals surface area contributed by atoms with Gasteiger partial charge in [0.05, 0.1) is 25.9 Å². The summed E-state index contributed by atoms with van der Waals surface area (Å²) in [6, 6.07) is 0. The first-order chi connectivity index (χ1) is 18.6. The van der Waals surface area contributed by atoms with Crippen molar-refractivity contribution < 1.29 is 47.6 Å². The minimum atomic E-state index is -0.855. The largest absolute Gasteiger partial charge is 0.453 e. The van der Waals surface area contributed by atoms with Crippen LogP contribution in [-0.4, -0.2) is 112 Å². The zero-order chi connectivity index (χ0) is 29.6. The van der Waals surface area contributed by atoms with Crippen LogP contribution in [0, 0.1) is 0 Å². The third-order valence-corrected chi connectivity index (χ3v) is 5.22. The van der Waals surface area contributed by atoms with Crippen LogP contribution >= 0.6 is 0 Å². The zero-order valence-electron chi connectivity index (χ0n) is 24.1. The number of amides is 2. The summed E-state index contributed by atoms with van der Waals surface area (Å²) in [4.78, 5) is 50.5. The summed E-state index contributed by atoms with van der Waals surface area (Å²) in [5.41, 5.74) is 0. The predicted octanol–water partition coefficient (Wildman–Crippen LogP) is 3.34. The van der Waals surface area contributed by atoms with Crippen LogP contribution in [0.2, 0.25) is 0 Å². The number of carbonyl (C=O) groups is 4. The third-order valence-electron chi connectivity index (χ3n) is 5.22. The van der Waals surface area contributed by atoms with Gasteiger partial charge >= 0.3 is 24.1 Å². The molecule has 0 aromatic carbocycles. The first kappa shape index (κ1) is 35.9. The first-order valence-corrected chi connectivity index (χ1v) is 13.2. The molecule has 0 aliphatic heterocycles. The molecule has 0 rings (SSSR count). The molecule has 0 aliphatic carbocycles. The maximum absolute atomic E-state index is 12.1. The molecule has 12 nitrogen and oxygen atoms in total. The van der Waals surface area contributed by atoms with Gasteiger partial charge in [-0.1, -0.05) is 39.8 Å². The molecule has 0 radical (unpaired) electrons. The van der Waals surface area contributed by atoms with Crippen LogP contribution in [0.5, 0.6) is 0 Å². The molecule has 0 N–H and O–H groups in total. The number of rotatable bonds is 21. The number of hydrogen-bond donors (Lipinski definition) is 0. The highest BCUT2D eigenvalue weighted by Crippen LogP contribution is 2.05. The average molecular weight is 559 g/mol. The lowest BCUT2D eigenvalue weighted by molar-refractivity contribution is -0.154. The van der Waals surface area contributed by atoms with E-state index in [9.17, 15) is 19.2 Å². The van der Waals surface area contributed by atoms with Crippen LogP contribution in [0.25, 0.3) is 0 Å². The number of esters is 2. The summed E-state index contributed by atoms with van der Waals surface area (Å²) in [6.45, 7) is 13.2. The number of hydrogen-bond acceptors (Lipinski definition) is 10. The van der Waals surface area contributed by atoms with Crippen molar-refractivity contribution in [3.05, 3.63) is 25.3 Å². The van der Waals surface area contributed by atoms with Crippen molar-refractivity contribution in [2.45, 2.75) is 64.8 Å². The Morgan fingerprint density at radius 2 is 1.15 bits per heavy atom. The Hall–Kier alpha value is -3.12. The monoisotopic (exact) mass is 558 g/mol. The standard InChI is InChI=1S/C27H46N2O10/c1-8-12-14-28(6)26(32)36-19-22(38-24(30)10-3)17-34-16-21(5)35-18-23(39-25(31)11-4)20-37-27(33)29(7)15-13-9-2/h10-11,21-23H,3-4,8-9,12-20H2,1-2,5-7H3. The van der Waals surface area contributed by atoms with Crippen molar-refractivity contribution >= 4 is 24.1 Å². The van der Waals surface area contributed by atoms with Crippen molar-refractivity contribution in [3.63, 3.8) is 0 Å². The molecule has 0 saturated carbocycles. The van der Waals surface area contributed by atoms with E-state index < -0.39 is 42.4 Å². The van der Waals surface area contributed by atoms with Crippen molar-refractivity contribution in [2.24, 2.45) is 0 Å². The lowest BCUT2D eigenvalue weighted by Gasteiger charge is -2.23. The molecule has 0 aromatic rings. The first-order valence-electron chi connectivity index (χ1n) is 13.2. The van der Waals surface area contributed by atoms with E-state index in [2.05, 4.69) is 13.2 Å². The van der Waals surface area contributed by atoms with Crippen molar-refractivity contribution in [2.75, 3.05) is 60.2 Å². The number of unbranched alkanes of at least 4 members (excludes halogenated alkanes) is 2. The van der Waals surface area contributed by atoms with Crippen LogP contribution in [0.1, 0.15) is 46.5 Å². The average Bonchev–Trinajstić information content (AvgIpc) is 2.93. The highest BCUT2D eigenvalue weighted by atomic mass is 16.6. The highest BCUT2D eigenvalue weighted by molar-refractivity contribution is 5.81. The third kappa shape index (κ3) is 17.9. The number of ether oxygens (including phenoxy) is 6. The molecule has 12 heteroatoms. The summed E-state index contributed by atoms with van der Waals surface area (Å²) < 4.78 is 32.2. The van der Waals surface area contributed by atoms with Crippen molar-refractivity contribution in [1.29, 1.82) is 0 Å². The van der Waals surface area contributed by atoms with Gasteiger partial charge in [0.1, 0.15) is 13.2 Å². The minimum absolute atomic E-state index is 0.0597. The fourth-order valence-corrected chi connectivity index (χ4v) is 2.86. The minimum Gasteiger partial charge on any atom is -0.453 e. The molecule has 39 heavy (non-hydrogen) atoms. The topological polar surface area (TPSA) is 130 Å². The molecule has 0 saturated heterocycles. The van der Waals surface area contributed by atoms with Gasteiger partial charge in [-0.25, -0.2) is 19.2 Å². The molecule has 0 heterocycles. The molecule has 0 spiro atoms. The molecule has 3 atom stereocenters. The van der Waals surface area contributed by atoms with E-state index in [0.717, 1.165) is 37.8 Å². The second kappa shape index (κ2) is 21.8. The zero-order valence-corrected chi connectivity index (χ0v) is 24.1. The maximum Gasteiger partial charge on any atom is 0.409 e. The lowest BCUT2D eigenvalue weighted by Crippen LogP contribution is -2.36. The van der Waals surface area contributed by atoms with Gasteiger partial charge in [-0.05, 0) is 19.8 Å². The fraction of sp³-hybridized carbons (Fsp3) is 0.704. The Balaban J connectivity index is 4.74. The number of nitrogens with zero attached hydrogens (tertiary/aromatic N) is 2. The van der Waals surface area contributed by atoms with Crippen LogP contribution < -0.4 is 0 Å².